The molecule has 1 aliphatic rings. The summed E-state index contributed by atoms with van der Waals surface area (Å²) in [6.45, 7) is 0. The number of fused-ring (bicyclic) bond motifs is 1. The molecule has 1 aliphatic heterocycles. The first kappa shape index (κ1) is 15.1. The molecule has 0 radical (unpaired) electrons. The van der Waals surface area contributed by atoms with E-state index in [2.05, 4.69) is 10.3 Å². The SMILES string of the molecule is O=C(NC1CCS(=O)(=O)C1)C(=O)c1c[nH]c2cc(Cl)ccc12. The monoisotopic (exact) mass is 340 g/mol. The molecule has 0 spiro atoms. The third-order valence-corrected chi connectivity index (χ3v) is 5.67. The maximum atomic E-state index is 12.2. The van der Waals surface area contributed by atoms with Crippen molar-refractivity contribution < 1.29 is 18.0 Å². The Balaban J connectivity index is 1.79. The molecule has 2 aromatic rings. The number of carbonyl (C=O) groups is 2. The van der Waals surface area contributed by atoms with Gasteiger partial charge in [-0.15, -0.1) is 0 Å². The zero-order valence-electron chi connectivity index (χ0n) is 11.4. The molecule has 6 nitrogen and oxygen atoms in total. The van der Waals surface area contributed by atoms with Crippen molar-refractivity contribution in [1.82, 2.24) is 10.3 Å². The first-order valence-corrected chi connectivity index (χ1v) is 8.88. The molecule has 8 heteroatoms. The molecule has 116 valence electrons. The van der Waals surface area contributed by atoms with Crippen LogP contribution in [0, 0.1) is 0 Å². The van der Waals surface area contributed by atoms with Gasteiger partial charge < -0.3 is 10.3 Å². The normalized spacial score (nSPS) is 20.1. The molecule has 1 amide bonds. The molecular formula is C14H13ClN2O4S. The quantitative estimate of drug-likeness (QED) is 0.650. The molecule has 0 bridgehead atoms. The maximum Gasteiger partial charge on any atom is 0.292 e. The first-order valence-electron chi connectivity index (χ1n) is 6.68. The molecule has 22 heavy (non-hydrogen) atoms. The van der Waals surface area contributed by atoms with Crippen LogP contribution in [0.4, 0.5) is 0 Å². The molecule has 1 fully saturated rings. The molecule has 0 aliphatic carbocycles. The highest BCUT2D eigenvalue weighted by atomic mass is 35.5. The van der Waals surface area contributed by atoms with Gasteiger partial charge in [0.15, 0.2) is 9.84 Å². The van der Waals surface area contributed by atoms with Crippen molar-refractivity contribution in [1.29, 1.82) is 0 Å². The average molecular weight is 341 g/mol. The third kappa shape index (κ3) is 2.86. The van der Waals surface area contributed by atoms with E-state index in [-0.39, 0.29) is 17.1 Å². The Morgan fingerprint density at radius 3 is 2.77 bits per heavy atom. The van der Waals surface area contributed by atoms with E-state index in [4.69, 9.17) is 11.6 Å². The van der Waals surface area contributed by atoms with Crippen molar-refractivity contribution in [2.75, 3.05) is 11.5 Å². The number of H-pyrrole nitrogens is 1. The van der Waals surface area contributed by atoms with E-state index in [1.807, 2.05) is 0 Å². The number of hydrogen-bond acceptors (Lipinski definition) is 4. The molecule has 1 atom stereocenters. The average Bonchev–Trinajstić information content (AvgIpc) is 3.00. The van der Waals surface area contributed by atoms with E-state index in [1.165, 1.54) is 6.20 Å². The topological polar surface area (TPSA) is 96.1 Å². The van der Waals surface area contributed by atoms with Crippen LogP contribution in [0.15, 0.2) is 24.4 Å². The third-order valence-electron chi connectivity index (χ3n) is 3.66. The van der Waals surface area contributed by atoms with Gasteiger partial charge in [-0.1, -0.05) is 17.7 Å². The van der Waals surface area contributed by atoms with Gasteiger partial charge in [0.25, 0.3) is 11.7 Å². The van der Waals surface area contributed by atoms with Gasteiger partial charge >= 0.3 is 0 Å². The number of aromatic amines is 1. The number of hydrogen-bond donors (Lipinski definition) is 2. The Kier molecular flexibility index (Phi) is 3.70. The van der Waals surface area contributed by atoms with Crippen molar-refractivity contribution in [3.05, 3.63) is 35.0 Å². The van der Waals surface area contributed by atoms with Gasteiger partial charge in [-0.25, -0.2) is 8.42 Å². The summed E-state index contributed by atoms with van der Waals surface area (Å²) in [7, 11) is -3.11. The molecular weight excluding hydrogens is 328 g/mol. The number of nitrogens with one attached hydrogen (secondary N) is 2. The summed E-state index contributed by atoms with van der Waals surface area (Å²) < 4.78 is 22.7. The number of benzene rings is 1. The van der Waals surface area contributed by atoms with Crippen molar-refractivity contribution in [3.63, 3.8) is 0 Å². The van der Waals surface area contributed by atoms with Gasteiger partial charge in [0.05, 0.1) is 17.1 Å². The van der Waals surface area contributed by atoms with Crippen LogP contribution in [0.25, 0.3) is 10.9 Å². The maximum absolute atomic E-state index is 12.2. The molecule has 1 unspecified atom stereocenters. The minimum absolute atomic E-state index is 0.0394. The van der Waals surface area contributed by atoms with Crippen LogP contribution >= 0.6 is 11.6 Å². The second-order valence-electron chi connectivity index (χ2n) is 5.29. The largest absolute Gasteiger partial charge is 0.360 e. The molecule has 2 N–H and O–H groups in total. The van der Waals surface area contributed by atoms with E-state index < -0.39 is 27.6 Å². The Bertz CT molecular complexity index is 872. The van der Waals surface area contributed by atoms with Crippen LogP contribution in [0.2, 0.25) is 5.02 Å². The van der Waals surface area contributed by atoms with Crippen LogP contribution in [-0.2, 0) is 14.6 Å². The van der Waals surface area contributed by atoms with Gasteiger partial charge in [-0.3, -0.25) is 9.59 Å². The summed E-state index contributed by atoms with van der Waals surface area (Å²) in [6, 6.07) is 4.46. The lowest BCUT2D eigenvalue weighted by Gasteiger charge is -2.09. The van der Waals surface area contributed by atoms with Crippen LogP contribution in [0.3, 0.4) is 0 Å². The minimum Gasteiger partial charge on any atom is -0.360 e. The van der Waals surface area contributed by atoms with Crippen LogP contribution in [0.1, 0.15) is 16.8 Å². The predicted molar refractivity (Wildman–Crippen MR) is 82.8 cm³/mol. The number of ketones is 1. The standard InChI is InChI=1S/C14H13ClN2O4S/c15-8-1-2-10-11(6-16-12(10)5-8)13(18)14(19)17-9-3-4-22(20,21)7-9/h1-2,5-6,9,16H,3-4,7H2,(H,17,19). The molecule has 0 saturated carbocycles. The summed E-state index contributed by atoms with van der Waals surface area (Å²) in [5.74, 6) is -1.57. The lowest BCUT2D eigenvalue weighted by Crippen LogP contribution is -2.39. The van der Waals surface area contributed by atoms with Crippen molar-refractivity contribution in [2.45, 2.75) is 12.5 Å². The number of sulfone groups is 1. The smallest absolute Gasteiger partial charge is 0.292 e. The number of carbonyl (C=O) groups excluding carboxylic acids is 2. The van der Waals surface area contributed by atoms with Crippen molar-refractivity contribution in [3.8, 4) is 0 Å². The molecule has 3 rings (SSSR count). The molecule has 1 saturated heterocycles. The van der Waals surface area contributed by atoms with E-state index in [1.54, 1.807) is 18.2 Å². The summed E-state index contributed by atoms with van der Waals surface area (Å²) in [6.07, 6.45) is 1.79. The highest BCUT2D eigenvalue weighted by Gasteiger charge is 2.31. The molecule has 1 aromatic carbocycles. The molecule has 2 heterocycles. The fraction of sp³-hybridized carbons (Fsp3) is 0.286. The zero-order chi connectivity index (χ0) is 15.9. The zero-order valence-corrected chi connectivity index (χ0v) is 13.0. The number of Topliss-reactive ketones (excluding diaryl/α,β-unsaturated/α-hetero) is 1. The van der Waals surface area contributed by atoms with Gasteiger partial charge in [0.1, 0.15) is 0 Å². The van der Waals surface area contributed by atoms with Crippen LogP contribution in [-0.4, -0.2) is 42.6 Å². The van der Waals surface area contributed by atoms with Gasteiger partial charge in [0.2, 0.25) is 0 Å². The Labute approximate surface area is 131 Å². The number of amides is 1. The molecule has 1 aromatic heterocycles. The lowest BCUT2D eigenvalue weighted by atomic mass is 10.1. The highest BCUT2D eigenvalue weighted by molar-refractivity contribution is 7.91. The van der Waals surface area contributed by atoms with Crippen molar-refractivity contribution in [2.24, 2.45) is 0 Å². The van der Waals surface area contributed by atoms with Gasteiger partial charge in [-0.05, 0) is 18.6 Å². The number of rotatable bonds is 3. The summed E-state index contributed by atoms with van der Waals surface area (Å²) in [5.41, 5.74) is 0.900. The fourth-order valence-electron chi connectivity index (χ4n) is 2.57. The number of aromatic nitrogens is 1. The van der Waals surface area contributed by atoms with Crippen molar-refractivity contribution >= 4 is 44.0 Å². The Morgan fingerprint density at radius 2 is 2.09 bits per heavy atom. The highest BCUT2D eigenvalue weighted by Crippen LogP contribution is 2.22. The van der Waals surface area contributed by atoms with E-state index in [0.717, 1.165) is 0 Å². The van der Waals surface area contributed by atoms with Crippen LogP contribution in [0.5, 0.6) is 0 Å². The summed E-state index contributed by atoms with van der Waals surface area (Å²) in [4.78, 5) is 27.2. The second-order valence-corrected chi connectivity index (χ2v) is 7.96. The second kappa shape index (κ2) is 5.40. The summed E-state index contributed by atoms with van der Waals surface area (Å²) in [5, 5.41) is 3.61. The van der Waals surface area contributed by atoms with E-state index >= 15 is 0 Å². The first-order chi connectivity index (χ1) is 10.4. The van der Waals surface area contributed by atoms with Crippen LogP contribution < -0.4 is 5.32 Å². The van der Waals surface area contributed by atoms with E-state index in [0.29, 0.717) is 22.3 Å². The Morgan fingerprint density at radius 1 is 1.32 bits per heavy atom. The van der Waals surface area contributed by atoms with Gasteiger partial charge in [0, 0.05) is 28.2 Å². The fourth-order valence-corrected chi connectivity index (χ4v) is 4.41. The number of halogens is 1. The van der Waals surface area contributed by atoms with E-state index in [9.17, 15) is 18.0 Å². The minimum atomic E-state index is -3.11. The predicted octanol–water partition coefficient (Wildman–Crippen LogP) is 1.31. The lowest BCUT2D eigenvalue weighted by molar-refractivity contribution is -0.117. The summed E-state index contributed by atoms with van der Waals surface area (Å²) >= 11 is 5.87. The van der Waals surface area contributed by atoms with Gasteiger partial charge in [-0.2, -0.15) is 0 Å². The Hall–Kier alpha value is -1.86.